The van der Waals surface area contributed by atoms with Crippen LogP contribution in [0.5, 0.6) is 5.75 Å². The van der Waals surface area contributed by atoms with Gasteiger partial charge in [-0.3, -0.25) is 0 Å². The van der Waals surface area contributed by atoms with E-state index in [1.165, 1.54) is 0 Å². The summed E-state index contributed by atoms with van der Waals surface area (Å²) >= 11 is 5.51. The summed E-state index contributed by atoms with van der Waals surface area (Å²) in [5.41, 5.74) is 2.19. The number of hydrogen-bond donors (Lipinski definition) is 1. The van der Waals surface area contributed by atoms with Gasteiger partial charge in [0.25, 0.3) is 0 Å². The average Bonchev–Trinajstić information content (AvgIpc) is 2.74. The molecule has 1 aromatic heterocycles. The van der Waals surface area contributed by atoms with Crippen LogP contribution in [0.1, 0.15) is 19.8 Å². The third-order valence-corrected chi connectivity index (χ3v) is 4.28. The molecule has 0 aliphatic carbocycles. The number of fused-ring (bicyclic) bond motifs is 1. The highest BCUT2D eigenvalue weighted by Gasteiger charge is 2.31. The van der Waals surface area contributed by atoms with Gasteiger partial charge in [-0.15, -0.1) is 0 Å². The number of H-pyrrole nitrogens is 1. The molecule has 19 heavy (non-hydrogen) atoms. The number of hydrogen-bond acceptors (Lipinski definition) is 3. The van der Waals surface area contributed by atoms with Crippen molar-refractivity contribution in [1.82, 2.24) is 9.55 Å². The Hall–Kier alpha value is -1.33. The topological polar surface area (TPSA) is 39.2 Å². The van der Waals surface area contributed by atoms with E-state index in [1.807, 2.05) is 12.1 Å². The third kappa shape index (κ3) is 2.07. The zero-order chi connectivity index (χ0) is 13.5. The molecule has 1 aromatic carbocycles. The first-order valence-corrected chi connectivity index (χ1v) is 6.92. The molecule has 3 rings (SSSR count). The molecule has 1 fully saturated rings. The van der Waals surface area contributed by atoms with E-state index < -0.39 is 0 Å². The van der Waals surface area contributed by atoms with Crippen molar-refractivity contribution in [1.29, 1.82) is 0 Å². The molecular formula is C14H18N2O2S. The van der Waals surface area contributed by atoms with Gasteiger partial charge in [-0.25, -0.2) is 0 Å². The lowest BCUT2D eigenvalue weighted by Crippen LogP contribution is -2.36. The maximum absolute atomic E-state index is 5.51. The van der Waals surface area contributed by atoms with E-state index in [-0.39, 0.29) is 5.54 Å². The number of methoxy groups -OCH3 is 1. The highest BCUT2D eigenvalue weighted by molar-refractivity contribution is 7.71. The van der Waals surface area contributed by atoms with Crippen LogP contribution in [0.15, 0.2) is 18.2 Å². The Labute approximate surface area is 117 Å². The van der Waals surface area contributed by atoms with Crippen LogP contribution in [0.25, 0.3) is 11.0 Å². The summed E-state index contributed by atoms with van der Waals surface area (Å²) in [6, 6.07) is 6.04. The Morgan fingerprint density at radius 3 is 2.79 bits per heavy atom. The van der Waals surface area contributed by atoms with Crippen molar-refractivity contribution in [3.8, 4) is 5.75 Å². The van der Waals surface area contributed by atoms with Gasteiger partial charge in [-0.1, -0.05) is 0 Å². The van der Waals surface area contributed by atoms with Crippen molar-refractivity contribution in [3.05, 3.63) is 23.0 Å². The van der Waals surface area contributed by atoms with Crippen LogP contribution >= 0.6 is 12.2 Å². The van der Waals surface area contributed by atoms with E-state index in [1.54, 1.807) is 7.11 Å². The minimum absolute atomic E-state index is 0.0299. The van der Waals surface area contributed by atoms with Crippen molar-refractivity contribution in [3.63, 3.8) is 0 Å². The van der Waals surface area contributed by atoms with Crippen molar-refractivity contribution in [2.45, 2.75) is 25.3 Å². The van der Waals surface area contributed by atoms with Gasteiger partial charge >= 0.3 is 0 Å². The maximum atomic E-state index is 5.51. The molecule has 102 valence electrons. The fraction of sp³-hybridized carbons (Fsp3) is 0.500. The van der Waals surface area contributed by atoms with Gasteiger partial charge < -0.3 is 19.0 Å². The summed E-state index contributed by atoms with van der Waals surface area (Å²) in [7, 11) is 1.67. The summed E-state index contributed by atoms with van der Waals surface area (Å²) in [6.45, 7) is 3.84. The molecule has 4 nitrogen and oxygen atoms in total. The summed E-state index contributed by atoms with van der Waals surface area (Å²) in [5.74, 6) is 0.841. The monoisotopic (exact) mass is 278 g/mol. The summed E-state index contributed by atoms with van der Waals surface area (Å²) in [5, 5.41) is 0. The van der Waals surface area contributed by atoms with Gasteiger partial charge in [0.05, 0.1) is 18.1 Å². The quantitative estimate of drug-likeness (QED) is 0.857. The molecule has 1 aliphatic heterocycles. The maximum Gasteiger partial charge on any atom is 0.178 e. The van der Waals surface area contributed by atoms with Crippen molar-refractivity contribution >= 4 is 23.3 Å². The Morgan fingerprint density at radius 2 is 2.11 bits per heavy atom. The van der Waals surface area contributed by atoms with Gasteiger partial charge in [0.1, 0.15) is 5.75 Å². The van der Waals surface area contributed by atoms with E-state index in [0.717, 1.165) is 47.6 Å². The minimum atomic E-state index is 0.0299. The zero-order valence-electron chi connectivity index (χ0n) is 11.2. The number of aromatic nitrogens is 2. The molecular weight excluding hydrogens is 260 g/mol. The minimum Gasteiger partial charge on any atom is -0.497 e. The molecule has 5 heteroatoms. The molecule has 0 atom stereocenters. The third-order valence-electron chi connectivity index (χ3n) is 4.00. The van der Waals surface area contributed by atoms with Crippen LogP contribution in [0.4, 0.5) is 0 Å². The molecule has 1 saturated heterocycles. The number of nitrogens with one attached hydrogen (secondary N) is 1. The second kappa shape index (κ2) is 4.65. The molecule has 0 amide bonds. The van der Waals surface area contributed by atoms with Crippen LogP contribution in [0, 0.1) is 4.77 Å². The molecule has 0 spiro atoms. The first kappa shape index (κ1) is 12.7. The lowest BCUT2D eigenvalue weighted by Gasteiger charge is -2.35. The van der Waals surface area contributed by atoms with Crippen LogP contribution in [-0.4, -0.2) is 29.9 Å². The molecule has 0 radical (unpaired) electrons. The Balaban J connectivity index is 2.18. The Bertz CT molecular complexity index is 653. The number of ether oxygens (including phenoxy) is 2. The highest BCUT2D eigenvalue weighted by Crippen LogP contribution is 2.33. The summed E-state index contributed by atoms with van der Waals surface area (Å²) < 4.78 is 13.7. The Morgan fingerprint density at radius 1 is 1.37 bits per heavy atom. The lowest BCUT2D eigenvalue weighted by molar-refractivity contribution is 0.0306. The molecule has 2 aromatic rings. The number of benzene rings is 1. The van der Waals surface area contributed by atoms with Gasteiger partial charge in [-0.2, -0.15) is 0 Å². The van der Waals surface area contributed by atoms with Crippen molar-refractivity contribution in [2.75, 3.05) is 20.3 Å². The number of rotatable bonds is 2. The fourth-order valence-corrected chi connectivity index (χ4v) is 3.22. The largest absolute Gasteiger partial charge is 0.497 e. The van der Waals surface area contributed by atoms with E-state index in [2.05, 4.69) is 22.5 Å². The molecule has 0 saturated carbocycles. The van der Waals surface area contributed by atoms with E-state index in [9.17, 15) is 0 Å². The van der Waals surface area contributed by atoms with E-state index in [0.29, 0.717) is 0 Å². The second-order valence-corrected chi connectivity index (χ2v) is 5.64. The molecule has 0 bridgehead atoms. The standard InChI is InChI=1S/C14H18N2O2S/c1-14(5-7-18-8-6-14)16-12-4-3-10(17-2)9-11(12)15-13(16)19/h3-4,9H,5-8H2,1-2H3,(H,15,19). The SMILES string of the molecule is COc1ccc2c(c1)[nH]c(=S)n2C1(C)CCOCC1. The van der Waals surface area contributed by atoms with Crippen molar-refractivity contribution < 1.29 is 9.47 Å². The van der Waals surface area contributed by atoms with Gasteiger partial charge in [0.2, 0.25) is 0 Å². The highest BCUT2D eigenvalue weighted by atomic mass is 32.1. The fourth-order valence-electron chi connectivity index (χ4n) is 2.79. The lowest BCUT2D eigenvalue weighted by atomic mass is 9.92. The van der Waals surface area contributed by atoms with Gasteiger partial charge in [0, 0.05) is 24.8 Å². The van der Waals surface area contributed by atoms with Crippen LogP contribution in [0.3, 0.4) is 0 Å². The van der Waals surface area contributed by atoms with Gasteiger partial charge in [-0.05, 0) is 44.1 Å². The van der Waals surface area contributed by atoms with E-state index >= 15 is 0 Å². The summed E-state index contributed by atoms with van der Waals surface area (Å²) in [4.78, 5) is 3.28. The van der Waals surface area contributed by atoms with Crippen LogP contribution in [-0.2, 0) is 10.3 Å². The Kier molecular flexibility index (Phi) is 3.11. The number of nitrogens with zero attached hydrogens (tertiary/aromatic N) is 1. The molecule has 1 aliphatic rings. The molecule has 2 heterocycles. The van der Waals surface area contributed by atoms with Crippen LogP contribution in [0.2, 0.25) is 0 Å². The van der Waals surface area contributed by atoms with Gasteiger partial charge in [0.15, 0.2) is 4.77 Å². The number of imidazole rings is 1. The summed E-state index contributed by atoms with van der Waals surface area (Å²) in [6.07, 6.45) is 1.97. The molecule has 0 unspecified atom stereocenters. The zero-order valence-corrected chi connectivity index (χ0v) is 12.0. The predicted octanol–water partition coefficient (Wildman–Crippen LogP) is 3.23. The van der Waals surface area contributed by atoms with Crippen LogP contribution < -0.4 is 4.74 Å². The smallest absolute Gasteiger partial charge is 0.178 e. The van der Waals surface area contributed by atoms with Crippen molar-refractivity contribution in [2.24, 2.45) is 0 Å². The second-order valence-electron chi connectivity index (χ2n) is 5.26. The molecule has 1 N–H and O–H groups in total. The normalized spacial score (nSPS) is 18.6. The first-order valence-electron chi connectivity index (χ1n) is 6.51. The first-order chi connectivity index (χ1) is 9.14. The number of aromatic amines is 1. The predicted molar refractivity (Wildman–Crippen MR) is 77.4 cm³/mol. The van der Waals surface area contributed by atoms with E-state index in [4.69, 9.17) is 21.7 Å². The average molecular weight is 278 g/mol.